The number of thioether (sulfide) groups is 1. The van der Waals surface area contributed by atoms with Crippen LogP contribution < -0.4 is 10.6 Å². The van der Waals surface area contributed by atoms with Crippen LogP contribution in [0, 0.1) is 11.7 Å². The van der Waals surface area contributed by atoms with Gasteiger partial charge >= 0.3 is 0 Å². The Morgan fingerprint density at radius 1 is 1.47 bits per heavy atom. The maximum absolute atomic E-state index is 13.3. The van der Waals surface area contributed by atoms with Gasteiger partial charge < -0.3 is 10.6 Å². The van der Waals surface area contributed by atoms with Gasteiger partial charge in [-0.3, -0.25) is 0 Å². The topological polar surface area (TPSA) is 29.3 Å². The Morgan fingerprint density at radius 3 is 3.12 bits per heavy atom. The van der Waals surface area contributed by atoms with E-state index in [1.165, 1.54) is 18.2 Å². The molecule has 0 saturated carbocycles. The molecule has 2 aliphatic rings. The van der Waals surface area contributed by atoms with Crippen LogP contribution >= 0.6 is 11.8 Å². The molecule has 1 fully saturated rings. The second-order valence-corrected chi connectivity index (χ2v) is 6.08. The molecule has 92 valence electrons. The van der Waals surface area contributed by atoms with E-state index in [-0.39, 0.29) is 11.9 Å². The number of rotatable bonds is 0. The molecule has 0 amide bonds. The largest absolute Gasteiger partial charge is 0.371 e. The van der Waals surface area contributed by atoms with Crippen LogP contribution in [0.15, 0.2) is 18.2 Å². The fourth-order valence-electron chi connectivity index (χ4n) is 3.10. The molecule has 2 aliphatic heterocycles. The van der Waals surface area contributed by atoms with E-state index in [1.807, 2.05) is 17.8 Å². The molecule has 0 aromatic heterocycles. The highest BCUT2D eigenvalue weighted by atomic mass is 32.2. The summed E-state index contributed by atoms with van der Waals surface area (Å²) in [5.41, 5.74) is 8.40. The Bertz CT molecular complexity index is 437. The molecule has 0 aliphatic carbocycles. The zero-order valence-corrected chi connectivity index (χ0v) is 10.7. The van der Waals surface area contributed by atoms with E-state index in [4.69, 9.17) is 5.73 Å². The van der Waals surface area contributed by atoms with Crippen molar-refractivity contribution in [1.29, 1.82) is 0 Å². The Kier molecular flexibility index (Phi) is 2.79. The summed E-state index contributed by atoms with van der Waals surface area (Å²) in [7, 11) is 2.11. The number of nitrogens with two attached hydrogens (primary N) is 1. The minimum Gasteiger partial charge on any atom is -0.371 e. The van der Waals surface area contributed by atoms with Crippen LogP contribution in [0.1, 0.15) is 18.0 Å². The fraction of sp³-hybridized carbons (Fsp3) is 0.538. The zero-order valence-electron chi connectivity index (χ0n) is 9.90. The highest BCUT2D eigenvalue weighted by molar-refractivity contribution is 7.99. The van der Waals surface area contributed by atoms with Gasteiger partial charge in [-0.1, -0.05) is 0 Å². The molecule has 17 heavy (non-hydrogen) atoms. The summed E-state index contributed by atoms with van der Waals surface area (Å²) in [5, 5.41) is 0. The van der Waals surface area contributed by atoms with E-state index in [0.717, 1.165) is 17.0 Å². The summed E-state index contributed by atoms with van der Waals surface area (Å²) in [6.45, 7) is 0. The predicted octanol–water partition coefficient (Wildman–Crippen LogP) is 2.40. The van der Waals surface area contributed by atoms with Crippen LogP contribution in [0.25, 0.3) is 0 Å². The van der Waals surface area contributed by atoms with Gasteiger partial charge in [0.1, 0.15) is 5.82 Å². The van der Waals surface area contributed by atoms with Gasteiger partial charge in [-0.2, -0.15) is 11.8 Å². The molecule has 3 unspecified atom stereocenters. The maximum Gasteiger partial charge on any atom is 0.123 e. The third kappa shape index (κ3) is 1.74. The second-order valence-electron chi connectivity index (χ2n) is 4.93. The number of fused-ring (bicyclic) bond motifs is 2. The standard InChI is InChI=1S/C13H17FN2S/c1-16-11-3-2-8(14)6-9(11)13(15)10-7-17-5-4-12(10)16/h2-3,6,10,12-13H,4-5,7,15H2,1H3. The summed E-state index contributed by atoms with van der Waals surface area (Å²) in [6, 6.07) is 5.49. The van der Waals surface area contributed by atoms with E-state index < -0.39 is 0 Å². The van der Waals surface area contributed by atoms with E-state index in [1.54, 1.807) is 6.07 Å². The molecule has 0 bridgehead atoms. The van der Waals surface area contributed by atoms with Crippen molar-refractivity contribution >= 4 is 17.4 Å². The summed E-state index contributed by atoms with van der Waals surface area (Å²) in [5.74, 6) is 2.56. The molecular weight excluding hydrogens is 235 g/mol. The minimum absolute atomic E-state index is 0.0188. The third-order valence-electron chi connectivity index (χ3n) is 4.05. The molecule has 0 radical (unpaired) electrons. The number of benzene rings is 1. The Labute approximate surface area is 105 Å². The van der Waals surface area contributed by atoms with Crippen molar-refractivity contribution in [3.05, 3.63) is 29.6 Å². The van der Waals surface area contributed by atoms with Crippen LogP contribution in [0.3, 0.4) is 0 Å². The first-order valence-electron chi connectivity index (χ1n) is 6.04. The first kappa shape index (κ1) is 11.4. The second kappa shape index (κ2) is 4.18. The molecule has 3 rings (SSSR count). The van der Waals surface area contributed by atoms with Crippen molar-refractivity contribution in [2.75, 3.05) is 23.5 Å². The molecule has 1 aromatic carbocycles. The average Bonchev–Trinajstić information content (AvgIpc) is 2.36. The van der Waals surface area contributed by atoms with Crippen LogP contribution in [0.2, 0.25) is 0 Å². The smallest absolute Gasteiger partial charge is 0.123 e. The lowest BCUT2D eigenvalue weighted by atomic mass is 9.81. The van der Waals surface area contributed by atoms with Crippen LogP contribution in [0.4, 0.5) is 10.1 Å². The summed E-state index contributed by atoms with van der Waals surface area (Å²) in [6.07, 6.45) is 1.18. The zero-order chi connectivity index (χ0) is 12.0. The highest BCUT2D eigenvalue weighted by Gasteiger charge is 2.39. The van der Waals surface area contributed by atoms with Gasteiger partial charge in [0, 0.05) is 30.7 Å². The monoisotopic (exact) mass is 252 g/mol. The van der Waals surface area contributed by atoms with E-state index in [2.05, 4.69) is 11.9 Å². The summed E-state index contributed by atoms with van der Waals surface area (Å²) < 4.78 is 13.3. The Balaban J connectivity index is 2.07. The molecule has 0 spiro atoms. The minimum atomic E-state index is -0.186. The molecule has 2 N–H and O–H groups in total. The first-order chi connectivity index (χ1) is 8.18. The van der Waals surface area contributed by atoms with E-state index in [9.17, 15) is 4.39 Å². The number of hydrogen-bond acceptors (Lipinski definition) is 3. The van der Waals surface area contributed by atoms with Crippen molar-refractivity contribution < 1.29 is 4.39 Å². The number of nitrogens with zero attached hydrogens (tertiary/aromatic N) is 1. The molecule has 2 nitrogen and oxygen atoms in total. The molecular formula is C13H17FN2S. The van der Waals surface area contributed by atoms with E-state index in [0.29, 0.717) is 12.0 Å². The lowest BCUT2D eigenvalue weighted by Crippen LogP contribution is -2.50. The van der Waals surface area contributed by atoms with Crippen molar-refractivity contribution in [3.8, 4) is 0 Å². The fourth-order valence-corrected chi connectivity index (χ4v) is 4.37. The van der Waals surface area contributed by atoms with Gasteiger partial charge in [-0.15, -0.1) is 0 Å². The molecule has 3 atom stereocenters. The molecule has 2 heterocycles. The van der Waals surface area contributed by atoms with Crippen molar-refractivity contribution in [3.63, 3.8) is 0 Å². The first-order valence-corrected chi connectivity index (χ1v) is 7.19. The van der Waals surface area contributed by atoms with Gasteiger partial charge in [0.05, 0.1) is 0 Å². The number of anilines is 1. The lowest BCUT2D eigenvalue weighted by molar-refractivity contribution is 0.346. The van der Waals surface area contributed by atoms with Gasteiger partial charge in [0.2, 0.25) is 0 Å². The predicted molar refractivity (Wildman–Crippen MR) is 71.0 cm³/mol. The van der Waals surface area contributed by atoms with Crippen LogP contribution in [-0.2, 0) is 0 Å². The Morgan fingerprint density at radius 2 is 2.29 bits per heavy atom. The third-order valence-corrected chi connectivity index (χ3v) is 5.19. The number of halogens is 1. The summed E-state index contributed by atoms with van der Waals surface area (Å²) in [4.78, 5) is 2.29. The quantitative estimate of drug-likeness (QED) is 0.769. The molecule has 1 aromatic rings. The molecule has 4 heteroatoms. The summed E-state index contributed by atoms with van der Waals surface area (Å²) >= 11 is 1.96. The SMILES string of the molecule is CN1c2ccc(F)cc2C(N)C2CSCCC21. The van der Waals surface area contributed by atoms with E-state index >= 15 is 0 Å². The van der Waals surface area contributed by atoms with Gasteiger partial charge in [0.15, 0.2) is 0 Å². The van der Waals surface area contributed by atoms with Crippen LogP contribution in [-0.4, -0.2) is 24.6 Å². The average molecular weight is 252 g/mol. The normalized spacial score (nSPS) is 31.9. The number of hydrogen-bond donors (Lipinski definition) is 1. The Hall–Kier alpha value is -0.740. The van der Waals surface area contributed by atoms with Crippen molar-refractivity contribution in [1.82, 2.24) is 0 Å². The van der Waals surface area contributed by atoms with Crippen molar-refractivity contribution in [2.45, 2.75) is 18.5 Å². The van der Waals surface area contributed by atoms with Gasteiger partial charge in [-0.25, -0.2) is 4.39 Å². The van der Waals surface area contributed by atoms with Gasteiger partial charge in [0.25, 0.3) is 0 Å². The van der Waals surface area contributed by atoms with Gasteiger partial charge in [-0.05, 0) is 41.7 Å². The maximum atomic E-state index is 13.3. The molecule has 1 saturated heterocycles. The van der Waals surface area contributed by atoms with Crippen molar-refractivity contribution in [2.24, 2.45) is 11.7 Å². The van der Waals surface area contributed by atoms with Crippen LogP contribution in [0.5, 0.6) is 0 Å². The lowest BCUT2D eigenvalue weighted by Gasteiger charge is -2.47. The highest BCUT2D eigenvalue weighted by Crippen LogP contribution is 2.43.